The molecular weight excluding hydrogens is 300 g/mol. The molecule has 2 aromatic carbocycles. The Balaban J connectivity index is 2.04. The van der Waals surface area contributed by atoms with Crippen LogP contribution in [0.5, 0.6) is 5.75 Å². The summed E-state index contributed by atoms with van der Waals surface area (Å²) in [6, 6.07) is 13.8. The van der Waals surface area contributed by atoms with Gasteiger partial charge in [-0.05, 0) is 49.1 Å². The first-order valence-corrected chi connectivity index (χ1v) is 8.32. The molecule has 0 bridgehead atoms. The summed E-state index contributed by atoms with van der Waals surface area (Å²) in [5.41, 5.74) is 4.63. The molecule has 3 aromatic rings. The Morgan fingerprint density at radius 3 is 2.62 bits per heavy atom. The lowest BCUT2D eigenvalue weighted by Crippen LogP contribution is -2.03. The van der Waals surface area contributed by atoms with Crippen LogP contribution in [0.2, 0.25) is 0 Å². The third-order valence-corrected chi connectivity index (χ3v) is 4.03. The van der Waals surface area contributed by atoms with Crippen LogP contribution < -0.4 is 10.4 Å². The Morgan fingerprint density at radius 2 is 1.88 bits per heavy atom. The van der Waals surface area contributed by atoms with E-state index in [1.165, 1.54) is 5.56 Å². The summed E-state index contributed by atoms with van der Waals surface area (Å²) >= 11 is 0. The highest BCUT2D eigenvalue weighted by molar-refractivity contribution is 5.87. The van der Waals surface area contributed by atoms with Crippen molar-refractivity contribution in [3.05, 3.63) is 75.1 Å². The van der Waals surface area contributed by atoms with Gasteiger partial charge in [0.1, 0.15) is 17.9 Å². The molecule has 3 nitrogen and oxygen atoms in total. The molecule has 0 aliphatic rings. The average Bonchev–Trinajstić information content (AvgIpc) is 2.52. The van der Waals surface area contributed by atoms with Crippen molar-refractivity contribution in [2.75, 3.05) is 0 Å². The molecule has 3 heteroatoms. The molecule has 1 heterocycles. The molecule has 0 aliphatic heterocycles. The third-order valence-electron chi connectivity index (χ3n) is 4.03. The van der Waals surface area contributed by atoms with Crippen LogP contribution in [0.3, 0.4) is 0 Å². The smallest absolute Gasteiger partial charge is 0.336 e. The predicted molar refractivity (Wildman–Crippen MR) is 96.7 cm³/mol. The first-order valence-electron chi connectivity index (χ1n) is 8.32. The molecule has 0 saturated heterocycles. The lowest BCUT2D eigenvalue weighted by atomic mass is 10.0. The molecule has 0 spiro atoms. The third kappa shape index (κ3) is 3.51. The molecule has 24 heavy (non-hydrogen) atoms. The van der Waals surface area contributed by atoms with Crippen LogP contribution in [0.15, 0.2) is 51.7 Å². The van der Waals surface area contributed by atoms with Crippen LogP contribution >= 0.6 is 0 Å². The molecular formula is C21H22O3. The van der Waals surface area contributed by atoms with Gasteiger partial charge in [-0.1, -0.05) is 43.2 Å². The van der Waals surface area contributed by atoms with Gasteiger partial charge in [0.25, 0.3) is 0 Å². The van der Waals surface area contributed by atoms with E-state index in [0.717, 1.165) is 40.7 Å². The quantitative estimate of drug-likeness (QED) is 0.624. The van der Waals surface area contributed by atoms with E-state index in [1.807, 2.05) is 25.1 Å². The standard InChI is InChI=1S/C21H22O3/c1-4-6-17-12-20(22)24-19-11-15(3)10-18(21(17)19)23-13-16-8-5-7-14(2)9-16/h5,7-12H,4,6,13H2,1-3H3. The van der Waals surface area contributed by atoms with Gasteiger partial charge in [0, 0.05) is 6.07 Å². The summed E-state index contributed by atoms with van der Waals surface area (Å²) in [6.45, 7) is 6.64. The van der Waals surface area contributed by atoms with Crippen molar-refractivity contribution in [1.29, 1.82) is 0 Å². The lowest BCUT2D eigenvalue weighted by molar-refractivity contribution is 0.309. The molecule has 0 N–H and O–H groups in total. The number of aryl methyl sites for hydroxylation is 3. The van der Waals surface area contributed by atoms with Gasteiger partial charge < -0.3 is 9.15 Å². The molecule has 0 fully saturated rings. The zero-order valence-corrected chi connectivity index (χ0v) is 14.4. The molecule has 0 aliphatic carbocycles. The van der Waals surface area contributed by atoms with E-state index in [0.29, 0.717) is 12.2 Å². The number of ether oxygens (including phenoxy) is 1. The molecule has 0 unspecified atom stereocenters. The minimum atomic E-state index is -0.304. The van der Waals surface area contributed by atoms with Crippen molar-refractivity contribution >= 4 is 11.0 Å². The highest BCUT2D eigenvalue weighted by Crippen LogP contribution is 2.31. The molecule has 3 rings (SSSR count). The summed E-state index contributed by atoms with van der Waals surface area (Å²) < 4.78 is 11.5. The van der Waals surface area contributed by atoms with Crippen molar-refractivity contribution in [3.63, 3.8) is 0 Å². The lowest BCUT2D eigenvalue weighted by Gasteiger charge is -2.13. The number of hydrogen-bond donors (Lipinski definition) is 0. The fourth-order valence-corrected chi connectivity index (χ4v) is 3.01. The summed E-state index contributed by atoms with van der Waals surface area (Å²) in [6.07, 6.45) is 1.79. The topological polar surface area (TPSA) is 39.4 Å². The maximum absolute atomic E-state index is 11.8. The zero-order chi connectivity index (χ0) is 17.1. The highest BCUT2D eigenvalue weighted by atomic mass is 16.5. The predicted octanol–water partition coefficient (Wildman–Crippen LogP) is 4.94. The molecule has 0 radical (unpaired) electrons. The van der Waals surface area contributed by atoms with E-state index in [4.69, 9.17) is 9.15 Å². The van der Waals surface area contributed by atoms with Crippen LogP contribution in [-0.4, -0.2) is 0 Å². The summed E-state index contributed by atoms with van der Waals surface area (Å²) in [5.74, 6) is 0.777. The Kier molecular flexibility index (Phi) is 4.70. The van der Waals surface area contributed by atoms with Gasteiger partial charge in [0.2, 0.25) is 0 Å². The van der Waals surface area contributed by atoms with Crippen LogP contribution in [0.4, 0.5) is 0 Å². The Bertz CT molecular complexity index is 922. The normalized spacial score (nSPS) is 11.0. The molecule has 0 saturated carbocycles. The highest BCUT2D eigenvalue weighted by Gasteiger charge is 2.12. The summed E-state index contributed by atoms with van der Waals surface area (Å²) in [4.78, 5) is 11.8. The second kappa shape index (κ2) is 6.91. The first-order chi connectivity index (χ1) is 11.6. The largest absolute Gasteiger partial charge is 0.488 e. The van der Waals surface area contributed by atoms with E-state index >= 15 is 0 Å². The molecule has 0 atom stereocenters. The monoisotopic (exact) mass is 322 g/mol. The number of fused-ring (bicyclic) bond motifs is 1. The average molecular weight is 322 g/mol. The van der Waals surface area contributed by atoms with Crippen LogP contribution in [-0.2, 0) is 13.0 Å². The van der Waals surface area contributed by atoms with E-state index in [2.05, 4.69) is 32.0 Å². The molecule has 124 valence electrons. The van der Waals surface area contributed by atoms with Gasteiger partial charge in [0.05, 0.1) is 5.39 Å². The van der Waals surface area contributed by atoms with E-state index < -0.39 is 0 Å². The van der Waals surface area contributed by atoms with Gasteiger partial charge in [0.15, 0.2) is 0 Å². The summed E-state index contributed by atoms with van der Waals surface area (Å²) in [5, 5.41) is 0.912. The number of benzene rings is 2. The van der Waals surface area contributed by atoms with Gasteiger partial charge in [-0.3, -0.25) is 0 Å². The molecule has 1 aromatic heterocycles. The van der Waals surface area contributed by atoms with E-state index in [-0.39, 0.29) is 5.63 Å². The Hall–Kier alpha value is -2.55. The van der Waals surface area contributed by atoms with E-state index in [1.54, 1.807) is 6.07 Å². The second-order valence-corrected chi connectivity index (χ2v) is 6.25. The van der Waals surface area contributed by atoms with Crippen molar-refractivity contribution in [2.24, 2.45) is 0 Å². The maximum Gasteiger partial charge on any atom is 0.336 e. The van der Waals surface area contributed by atoms with Crippen molar-refractivity contribution in [1.82, 2.24) is 0 Å². The van der Waals surface area contributed by atoms with Crippen LogP contribution in [0.1, 0.15) is 35.6 Å². The number of hydrogen-bond acceptors (Lipinski definition) is 3. The zero-order valence-electron chi connectivity index (χ0n) is 14.4. The van der Waals surface area contributed by atoms with Gasteiger partial charge in [-0.25, -0.2) is 4.79 Å². The van der Waals surface area contributed by atoms with Gasteiger partial charge in [-0.15, -0.1) is 0 Å². The Morgan fingerprint density at radius 1 is 1.04 bits per heavy atom. The van der Waals surface area contributed by atoms with Crippen LogP contribution in [0, 0.1) is 13.8 Å². The molecule has 0 amide bonds. The fraction of sp³-hybridized carbons (Fsp3) is 0.286. The minimum absolute atomic E-state index is 0.304. The van der Waals surface area contributed by atoms with Crippen molar-refractivity contribution in [3.8, 4) is 5.75 Å². The van der Waals surface area contributed by atoms with Crippen molar-refractivity contribution < 1.29 is 9.15 Å². The Labute approximate surface area is 141 Å². The SMILES string of the molecule is CCCc1cc(=O)oc2cc(C)cc(OCc3cccc(C)c3)c12. The fourth-order valence-electron chi connectivity index (χ4n) is 3.01. The maximum atomic E-state index is 11.8. The first kappa shape index (κ1) is 16.3. The number of rotatable bonds is 5. The van der Waals surface area contributed by atoms with Gasteiger partial charge >= 0.3 is 5.63 Å². The van der Waals surface area contributed by atoms with Crippen LogP contribution in [0.25, 0.3) is 11.0 Å². The van der Waals surface area contributed by atoms with Gasteiger partial charge in [-0.2, -0.15) is 0 Å². The summed E-state index contributed by atoms with van der Waals surface area (Å²) in [7, 11) is 0. The van der Waals surface area contributed by atoms with E-state index in [9.17, 15) is 4.79 Å². The minimum Gasteiger partial charge on any atom is -0.488 e. The van der Waals surface area contributed by atoms with Crippen molar-refractivity contribution in [2.45, 2.75) is 40.2 Å². The second-order valence-electron chi connectivity index (χ2n) is 6.25.